The number of hydrogen-bond donors (Lipinski definition) is 2. The summed E-state index contributed by atoms with van der Waals surface area (Å²) >= 11 is 0. The van der Waals surface area contributed by atoms with Crippen LogP contribution in [0.1, 0.15) is 30.0 Å². The van der Waals surface area contributed by atoms with Crippen LogP contribution < -0.4 is 5.73 Å². The fourth-order valence-corrected chi connectivity index (χ4v) is 0.845. The van der Waals surface area contributed by atoms with Gasteiger partial charge in [-0.2, -0.15) is 5.10 Å². The lowest BCUT2D eigenvalue weighted by molar-refractivity contribution is 0.0371. The number of hydrogen-bond acceptors (Lipinski definition) is 4. The van der Waals surface area contributed by atoms with E-state index in [-0.39, 0.29) is 11.8 Å². The van der Waals surface area contributed by atoms with E-state index in [0.717, 1.165) is 5.69 Å². The van der Waals surface area contributed by atoms with Gasteiger partial charge in [-0.15, -0.1) is 0 Å². The first kappa shape index (κ1) is 9.73. The van der Waals surface area contributed by atoms with Crippen molar-refractivity contribution in [2.45, 2.75) is 26.5 Å². The highest BCUT2D eigenvalue weighted by Gasteiger charge is 2.12. The normalized spacial score (nSPS) is 10.5. The van der Waals surface area contributed by atoms with Gasteiger partial charge < -0.3 is 10.5 Å². The average molecular weight is 183 g/mol. The zero-order valence-corrected chi connectivity index (χ0v) is 7.70. The number of nitrogens with one attached hydrogen (secondary N) is 1. The summed E-state index contributed by atoms with van der Waals surface area (Å²) in [5.74, 6) is -0.425. The summed E-state index contributed by atoms with van der Waals surface area (Å²) in [6.45, 7) is 3.91. The molecule has 0 aliphatic carbocycles. The van der Waals surface area contributed by atoms with Crippen molar-refractivity contribution in [2.75, 3.05) is 0 Å². The van der Waals surface area contributed by atoms with Gasteiger partial charge in [0.2, 0.25) is 0 Å². The lowest BCUT2D eigenvalue weighted by atomic mass is 10.3. The van der Waals surface area contributed by atoms with Crippen molar-refractivity contribution >= 4 is 5.97 Å². The number of aromatic nitrogens is 2. The molecule has 0 spiro atoms. The quantitative estimate of drug-likeness (QED) is 0.666. The number of carbonyl (C=O) groups excluding carboxylic acids is 1. The molecule has 1 aromatic rings. The maximum Gasteiger partial charge on any atom is 0.359 e. The Kier molecular flexibility index (Phi) is 3.02. The molecule has 0 radical (unpaired) electrons. The molecule has 3 N–H and O–H groups in total. The zero-order chi connectivity index (χ0) is 9.84. The number of nitrogens with zero attached hydrogens (tertiary/aromatic N) is 1. The summed E-state index contributed by atoms with van der Waals surface area (Å²) < 4.78 is 4.93. The molecule has 1 rings (SSSR count). The molecule has 5 heteroatoms. The number of carbonyl (C=O) groups is 1. The van der Waals surface area contributed by atoms with Crippen molar-refractivity contribution in [2.24, 2.45) is 5.73 Å². The Bertz CT molecular complexity index is 293. The van der Waals surface area contributed by atoms with Crippen molar-refractivity contribution in [3.63, 3.8) is 0 Å². The van der Waals surface area contributed by atoms with E-state index in [2.05, 4.69) is 10.2 Å². The summed E-state index contributed by atoms with van der Waals surface area (Å²) in [4.78, 5) is 11.2. The second kappa shape index (κ2) is 4.04. The van der Waals surface area contributed by atoms with Crippen LogP contribution in [0.2, 0.25) is 0 Å². The van der Waals surface area contributed by atoms with E-state index in [1.165, 1.54) is 0 Å². The third-order valence-electron chi connectivity index (χ3n) is 1.40. The summed E-state index contributed by atoms with van der Waals surface area (Å²) in [7, 11) is 0. The Labute approximate surface area is 76.3 Å². The van der Waals surface area contributed by atoms with Crippen LogP contribution in [0, 0.1) is 0 Å². The second-order valence-corrected chi connectivity index (χ2v) is 2.94. The zero-order valence-electron chi connectivity index (χ0n) is 7.70. The predicted octanol–water partition coefficient (Wildman–Crippen LogP) is 0.434. The molecule has 0 aliphatic rings. The highest BCUT2D eigenvalue weighted by Crippen LogP contribution is 2.02. The van der Waals surface area contributed by atoms with Crippen molar-refractivity contribution in [3.8, 4) is 0 Å². The van der Waals surface area contributed by atoms with Crippen LogP contribution in [0.25, 0.3) is 0 Å². The lowest BCUT2D eigenvalue weighted by Gasteiger charge is -2.04. The highest BCUT2D eigenvalue weighted by atomic mass is 16.5. The molecular formula is C8H13N3O2. The van der Waals surface area contributed by atoms with Gasteiger partial charge in [0.05, 0.1) is 6.10 Å². The number of H-pyrrole nitrogens is 1. The summed E-state index contributed by atoms with van der Waals surface area (Å²) in [6.07, 6.45) is -0.134. The van der Waals surface area contributed by atoms with E-state index >= 15 is 0 Å². The molecule has 0 atom stereocenters. The van der Waals surface area contributed by atoms with E-state index < -0.39 is 5.97 Å². The predicted molar refractivity (Wildman–Crippen MR) is 47.0 cm³/mol. The molecule has 0 amide bonds. The highest BCUT2D eigenvalue weighted by molar-refractivity contribution is 5.87. The molecule has 0 unspecified atom stereocenters. The number of ether oxygens (including phenoxy) is 1. The van der Waals surface area contributed by atoms with Crippen molar-refractivity contribution in [3.05, 3.63) is 17.5 Å². The summed E-state index contributed by atoms with van der Waals surface area (Å²) in [5, 5.41) is 6.39. The van der Waals surface area contributed by atoms with Crippen molar-refractivity contribution < 1.29 is 9.53 Å². The first-order valence-corrected chi connectivity index (χ1v) is 4.09. The minimum absolute atomic E-state index is 0.134. The van der Waals surface area contributed by atoms with Crippen molar-refractivity contribution in [1.82, 2.24) is 10.2 Å². The Morgan fingerprint density at radius 3 is 2.92 bits per heavy atom. The van der Waals surface area contributed by atoms with Gasteiger partial charge in [-0.3, -0.25) is 5.10 Å². The van der Waals surface area contributed by atoms with E-state index in [1.54, 1.807) is 19.9 Å². The van der Waals surface area contributed by atoms with Gasteiger partial charge in [-0.25, -0.2) is 4.79 Å². The fraction of sp³-hybridized carbons (Fsp3) is 0.500. The molecule has 1 heterocycles. The van der Waals surface area contributed by atoms with E-state index in [4.69, 9.17) is 10.5 Å². The molecule has 0 bridgehead atoms. The van der Waals surface area contributed by atoms with Crippen LogP contribution in [-0.4, -0.2) is 22.3 Å². The van der Waals surface area contributed by atoms with E-state index in [9.17, 15) is 4.79 Å². The Morgan fingerprint density at radius 2 is 2.46 bits per heavy atom. The first-order valence-electron chi connectivity index (χ1n) is 4.09. The molecular weight excluding hydrogens is 170 g/mol. The van der Waals surface area contributed by atoms with E-state index in [1.807, 2.05) is 0 Å². The minimum atomic E-state index is -0.425. The maximum absolute atomic E-state index is 11.2. The third-order valence-corrected chi connectivity index (χ3v) is 1.40. The number of aromatic amines is 1. The smallest absolute Gasteiger partial charge is 0.359 e. The van der Waals surface area contributed by atoms with Gasteiger partial charge in [-0.1, -0.05) is 0 Å². The topological polar surface area (TPSA) is 81.0 Å². The standard InChI is InChI=1S/C8H13N3O2/c1-5(2)13-8(12)7-3-6(4-9)10-11-7/h3,5H,4,9H2,1-2H3,(H,10,11). The molecule has 5 nitrogen and oxygen atoms in total. The first-order chi connectivity index (χ1) is 6.13. The lowest BCUT2D eigenvalue weighted by Crippen LogP contribution is -2.11. The van der Waals surface area contributed by atoms with Crippen LogP contribution in [0.3, 0.4) is 0 Å². The van der Waals surface area contributed by atoms with Gasteiger partial charge in [0.1, 0.15) is 0 Å². The summed E-state index contributed by atoms with van der Waals surface area (Å²) in [6, 6.07) is 1.59. The summed E-state index contributed by atoms with van der Waals surface area (Å²) in [5.41, 5.74) is 6.33. The Hall–Kier alpha value is -1.36. The largest absolute Gasteiger partial charge is 0.458 e. The van der Waals surface area contributed by atoms with Gasteiger partial charge in [-0.05, 0) is 19.9 Å². The van der Waals surface area contributed by atoms with Crippen molar-refractivity contribution in [1.29, 1.82) is 0 Å². The van der Waals surface area contributed by atoms with Gasteiger partial charge in [0.25, 0.3) is 0 Å². The minimum Gasteiger partial charge on any atom is -0.458 e. The number of rotatable bonds is 3. The Balaban J connectivity index is 2.66. The fourth-order valence-electron chi connectivity index (χ4n) is 0.845. The molecule has 0 fully saturated rings. The molecule has 0 aliphatic heterocycles. The molecule has 13 heavy (non-hydrogen) atoms. The molecule has 0 saturated heterocycles. The SMILES string of the molecule is CC(C)OC(=O)c1cc(CN)[nH]n1. The molecule has 1 aromatic heterocycles. The Morgan fingerprint density at radius 1 is 1.77 bits per heavy atom. The monoisotopic (exact) mass is 183 g/mol. The van der Waals surface area contributed by atoms with Gasteiger partial charge in [0, 0.05) is 12.2 Å². The van der Waals surface area contributed by atoms with Crippen LogP contribution in [-0.2, 0) is 11.3 Å². The molecule has 72 valence electrons. The number of nitrogens with two attached hydrogens (primary N) is 1. The molecule has 0 aromatic carbocycles. The van der Waals surface area contributed by atoms with Crippen LogP contribution in [0.4, 0.5) is 0 Å². The van der Waals surface area contributed by atoms with Gasteiger partial charge in [0.15, 0.2) is 5.69 Å². The van der Waals surface area contributed by atoms with Gasteiger partial charge >= 0.3 is 5.97 Å². The average Bonchev–Trinajstić information content (AvgIpc) is 2.50. The number of esters is 1. The third kappa shape index (κ3) is 2.55. The second-order valence-electron chi connectivity index (χ2n) is 2.94. The molecule has 0 saturated carbocycles. The maximum atomic E-state index is 11.2. The van der Waals surface area contributed by atoms with Crippen LogP contribution in [0.15, 0.2) is 6.07 Å². The van der Waals surface area contributed by atoms with Crippen LogP contribution >= 0.6 is 0 Å². The van der Waals surface area contributed by atoms with Crippen LogP contribution in [0.5, 0.6) is 0 Å². The van der Waals surface area contributed by atoms with E-state index in [0.29, 0.717) is 6.54 Å².